The van der Waals surface area contributed by atoms with Crippen LogP contribution in [0.4, 0.5) is 0 Å². The van der Waals surface area contributed by atoms with Crippen LogP contribution in [0.2, 0.25) is 0 Å². The van der Waals surface area contributed by atoms with E-state index in [0.29, 0.717) is 0 Å². The van der Waals surface area contributed by atoms with E-state index in [1.165, 1.54) is 0 Å². The maximum atomic E-state index is 11.0. The van der Waals surface area contributed by atoms with Crippen molar-refractivity contribution in [2.45, 2.75) is 0 Å². The fourth-order valence-corrected chi connectivity index (χ4v) is 1.91. The molecule has 0 amide bonds. The molecule has 2 aliphatic rings. The lowest BCUT2D eigenvalue weighted by atomic mass is 10.1. The summed E-state index contributed by atoms with van der Waals surface area (Å²) in [6.45, 7) is 0. The van der Waals surface area contributed by atoms with E-state index in [9.17, 15) is 4.79 Å². The number of carboxylic acids is 1. The number of aliphatic imine (C=N–C) groups is 2. The highest BCUT2D eigenvalue weighted by Crippen LogP contribution is 2.08. The van der Waals surface area contributed by atoms with E-state index >= 15 is 0 Å². The molecule has 0 aliphatic carbocycles. The first-order valence-corrected chi connectivity index (χ1v) is 5.35. The number of rotatable bonds is 1. The number of hydrogen-bond donors (Lipinski definition) is 2. The minimum Gasteiger partial charge on any atom is -0.478 e. The summed E-state index contributed by atoms with van der Waals surface area (Å²) < 4.78 is 0. The third kappa shape index (κ3) is 1.62. The van der Waals surface area contributed by atoms with Gasteiger partial charge in [-0.2, -0.15) is 0 Å². The van der Waals surface area contributed by atoms with E-state index in [4.69, 9.17) is 5.11 Å². The fourth-order valence-electron chi connectivity index (χ4n) is 1.91. The molecule has 3 rings (SSSR count). The van der Waals surface area contributed by atoms with Crippen LogP contribution in [0.3, 0.4) is 0 Å². The standard InChI is InChI=1S/C13H9N3O2/c17-13(18)8-1-2-9-4-14-5-10-6-15-7-16-12(10)11(9)3-8/h1-7H,(H,15,16)(H,17,18). The predicted molar refractivity (Wildman–Crippen MR) is 68.7 cm³/mol. The van der Waals surface area contributed by atoms with Crippen LogP contribution >= 0.6 is 0 Å². The van der Waals surface area contributed by atoms with Crippen molar-refractivity contribution in [3.63, 3.8) is 0 Å². The number of carboxylic acid groups (broad SMARTS) is 1. The van der Waals surface area contributed by atoms with E-state index in [1.807, 2.05) is 0 Å². The Morgan fingerprint density at radius 3 is 2.94 bits per heavy atom. The molecular weight excluding hydrogens is 230 g/mol. The number of hydrogen-bond acceptors (Lipinski definition) is 4. The topological polar surface area (TPSA) is 74.0 Å². The molecule has 5 nitrogen and oxygen atoms in total. The van der Waals surface area contributed by atoms with Crippen molar-refractivity contribution in [2.24, 2.45) is 9.98 Å². The lowest BCUT2D eigenvalue weighted by molar-refractivity contribution is 0.0697. The molecule has 0 aromatic heterocycles. The van der Waals surface area contributed by atoms with Crippen molar-refractivity contribution < 1.29 is 9.90 Å². The monoisotopic (exact) mass is 239 g/mol. The van der Waals surface area contributed by atoms with E-state index in [0.717, 1.165) is 21.7 Å². The molecule has 0 spiro atoms. The summed E-state index contributed by atoms with van der Waals surface area (Å²) in [7, 11) is 0. The zero-order valence-corrected chi connectivity index (χ0v) is 9.29. The number of nitrogens with zero attached hydrogens (tertiary/aromatic N) is 2. The Kier molecular flexibility index (Phi) is 2.30. The van der Waals surface area contributed by atoms with Crippen LogP contribution in [0, 0.1) is 0 Å². The van der Waals surface area contributed by atoms with Gasteiger partial charge in [0.1, 0.15) is 0 Å². The quantitative estimate of drug-likeness (QED) is 0.714. The minimum atomic E-state index is -0.946. The molecule has 2 heterocycles. The Morgan fingerprint density at radius 1 is 1.22 bits per heavy atom. The van der Waals surface area contributed by atoms with Crippen LogP contribution in [0.25, 0.3) is 11.9 Å². The highest BCUT2D eigenvalue weighted by atomic mass is 16.4. The second-order valence-corrected chi connectivity index (χ2v) is 3.90. The molecule has 0 atom stereocenters. The second-order valence-electron chi connectivity index (χ2n) is 3.90. The lowest BCUT2D eigenvalue weighted by Gasteiger charge is -2.10. The van der Waals surface area contributed by atoms with Crippen LogP contribution in [0.1, 0.15) is 10.4 Å². The van der Waals surface area contributed by atoms with Gasteiger partial charge in [-0.25, -0.2) is 9.79 Å². The maximum absolute atomic E-state index is 11.0. The highest BCUT2D eigenvalue weighted by Gasteiger charge is 2.11. The summed E-state index contributed by atoms with van der Waals surface area (Å²) in [6.07, 6.45) is 6.65. The lowest BCUT2D eigenvalue weighted by Crippen LogP contribution is -2.33. The van der Waals surface area contributed by atoms with Gasteiger partial charge in [0, 0.05) is 34.6 Å². The average Bonchev–Trinajstić information content (AvgIpc) is 2.57. The summed E-state index contributed by atoms with van der Waals surface area (Å²) >= 11 is 0. The maximum Gasteiger partial charge on any atom is 0.335 e. The predicted octanol–water partition coefficient (Wildman–Crippen LogP) is -0.169. The fraction of sp³-hybridized carbons (Fsp3) is 0. The Labute approximate surface area is 102 Å². The molecule has 0 radical (unpaired) electrons. The number of carbonyl (C=O) groups is 1. The van der Waals surface area contributed by atoms with Gasteiger partial charge in [0.15, 0.2) is 0 Å². The van der Waals surface area contributed by atoms with Gasteiger partial charge < -0.3 is 10.4 Å². The second kappa shape index (κ2) is 3.96. The zero-order valence-electron chi connectivity index (χ0n) is 9.29. The normalized spacial score (nSPS) is 15.8. The van der Waals surface area contributed by atoms with Gasteiger partial charge in [0.25, 0.3) is 0 Å². The summed E-state index contributed by atoms with van der Waals surface area (Å²) in [6, 6.07) is 4.96. The Hall–Kier alpha value is -2.69. The van der Waals surface area contributed by atoms with Gasteiger partial charge in [0.05, 0.1) is 17.6 Å². The van der Waals surface area contributed by atoms with Gasteiger partial charge in [-0.1, -0.05) is 6.07 Å². The molecule has 18 heavy (non-hydrogen) atoms. The molecule has 0 saturated carbocycles. The summed E-state index contributed by atoms with van der Waals surface area (Å²) in [5, 5.41) is 13.8. The zero-order chi connectivity index (χ0) is 12.5. The Morgan fingerprint density at radius 2 is 2.11 bits per heavy atom. The first-order chi connectivity index (χ1) is 8.75. The van der Waals surface area contributed by atoms with Crippen molar-refractivity contribution in [1.82, 2.24) is 5.32 Å². The van der Waals surface area contributed by atoms with Gasteiger partial charge in [0.2, 0.25) is 0 Å². The molecular formula is C13H9N3O2. The first-order valence-electron chi connectivity index (χ1n) is 5.35. The van der Waals surface area contributed by atoms with Gasteiger partial charge >= 0.3 is 5.97 Å². The molecule has 0 bridgehead atoms. The van der Waals surface area contributed by atoms with E-state index in [1.54, 1.807) is 43.2 Å². The van der Waals surface area contributed by atoms with Crippen molar-refractivity contribution >= 4 is 30.4 Å². The molecule has 0 fully saturated rings. The third-order valence-electron chi connectivity index (χ3n) is 2.78. The van der Waals surface area contributed by atoms with Crippen LogP contribution in [-0.2, 0) is 0 Å². The summed E-state index contributed by atoms with van der Waals surface area (Å²) in [5.74, 6) is -0.946. The Balaban J connectivity index is 2.38. The molecule has 2 N–H and O–H groups in total. The van der Waals surface area contributed by atoms with Crippen LogP contribution in [0.15, 0.2) is 40.0 Å². The molecule has 5 heteroatoms. The number of aromatic carboxylic acids is 1. The Bertz CT molecular complexity index is 742. The van der Waals surface area contributed by atoms with Gasteiger partial charge in [-0.05, 0) is 12.1 Å². The largest absolute Gasteiger partial charge is 0.478 e. The number of fused-ring (bicyclic) bond motifs is 2. The molecule has 1 aromatic carbocycles. The van der Waals surface area contributed by atoms with Crippen LogP contribution in [0.5, 0.6) is 0 Å². The molecule has 88 valence electrons. The minimum absolute atomic E-state index is 0.250. The summed E-state index contributed by atoms with van der Waals surface area (Å²) in [4.78, 5) is 19.2. The van der Waals surface area contributed by atoms with Crippen molar-refractivity contribution in [3.8, 4) is 0 Å². The van der Waals surface area contributed by atoms with E-state index in [2.05, 4.69) is 15.3 Å². The first kappa shape index (κ1) is 10.5. The van der Waals surface area contributed by atoms with E-state index in [-0.39, 0.29) is 5.56 Å². The van der Waals surface area contributed by atoms with Crippen molar-refractivity contribution in [1.29, 1.82) is 0 Å². The SMILES string of the molecule is O=C(O)c1ccc2c(c1)=C1NC=NC=C1C=NC=2. The van der Waals surface area contributed by atoms with Crippen molar-refractivity contribution in [3.05, 3.63) is 46.0 Å². The average molecular weight is 239 g/mol. The van der Waals surface area contributed by atoms with Crippen LogP contribution in [-0.4, -0.2) is 23.6 Å². The van der Waals surface area contributed by atoms with Gasteiger partial charge in [-0.15, -0.1) is 0 Å². The van der Waals surface area contributed by atoms with E-state index < -0.39 is 5.97 Å². The third-order valence-corrected chi connectivity index (χ3v) is 2.78. The van der Waals surface area contributed by atoms with Crippen molar-refractivity contribution in [2.75, 3.05) is 0 Å². The summed E-state index contributed by atoms with van der Waals surface area (Å²) in [5.41, 5.74) is 1.90. The highest BCUT2D eigenvalue weighted by molar-refractivity contribution is 6.00. The number of benzene rings is 1. The molecule has 1 aromatic rings. The number of nitrogens with one attached hydrogen (secondary N) is 1. The van der Waals surface area contributed by atoms with Crippen LogP contribution < -0.4 is 15.8 Å². The molecule has 0 saturated heterocycles. The smallest absolute Gasteiger partial charge is 0.335 e. The van der Waals surface area contributed by atoms with Gasteiger partial charge in [-0.3, -0.25) is 4.99 Å². The molecule has 0 unspecified atom stereocenters. The molecule has 2 aliphatic heterocycles.